The topological polar surface area (TPSA) is 66.8 Å². The molecule has 0 saturated carbocycles. The second-order valence-corrected chi connectivity index (χ2v) is 3.53. The fourth-order valence-corrected chi connectivity index (χ4v) is 1.26. The molecule has 2 N–H and O–H groups in total. The van der Waals surface area contributed by atoms with Crippen LogP contribution in [0.1, 0.15) is 31.1 Å². The van der Waals surface area contributed by atoms with E-state index in [4.69, 9.17) is 4.74 Å². The van der Waals surface area contributed by atoms with Crippen LogP contribution in [0.15, 0.2) is 12.1 Å². The third-order valence-corrected chi connectivity index (χ3v) is 1.82. The zero-order chi connectivity index (χ0) is 11.6. The molecule has 15 heavy (non-hydrogen) atoms. The van der Waals surface area contributed by atoms with Crippen molar-refractivity contribution in [2.24, 2.45) is 0 Å². The van der Waals surface area contributed by atoms with Crippen LogP contribution in [0.2, 0.25) is 0 Å². The van der Waals surface area contributed by atoms with Gasteiger partial charge in [-0.25, -0.2) is 0 Å². The number of aromatic hydroxyl groups is 2. The van der Waals surface area contributed by atoms with Crippen LogP contribution in [0.3, 0.4) is 0 Å². The first kappa shape index (κ1) is 11.4. The first-order valence-electron chi connectivity index (χ1n) is 4.66. The maximum Gasteiger partial charge on any atom is 0.175 e. The first-order chi connectivity index (χ1) is 6.93. The van der Waals surface area contributed by atoms with Crippen LogP contribution in [-0.2, 0) is 0 Å². The number of phenolic OH excluding ortho intramolecular Hbond substituents is 2. The van der Waals surface area contributed by atoms with E-state index >= 15 is 0 Å². The van der Waals surface area contributed by atoms with E-state index in [0.717, 1.165) is 0 Å². The number of carbonyl (C=O) groups is 1. The lowest BCUT2D eigenvalue weighted by atomic mass is 10.1. The molecule has 0 aliphatic carbocycles. The van der Waals surface area contributed by atoms with Gasteiger partial charge in [0.1, 0.15) is 11.3 Å². The van der Waals surface area contributed by atoms with E-state index in [0.29, 0.717) is 0 Å². The number of phenols is 2. The van der Waals surface area contributed by atoms with Crippen LogP contribution in [0, 0.1) is 0 Å². The van der Waals surface area contributed by atoms with Crippen molar-refractivity contribution in [1.82, 2.24) is 0 Å². The number of hydrogen-bond acceptors (Lipinski definition) is 4. The Morgan fingerprint density at radius 1 is 1.27 bits per heavy atom. The number of benzene rings is 1. The smallest absolute Gasteiger partial charge is 0.175 e. The molecule has 0 fully saturated rings. The highest BCUT2D eigenvalue weighted by Gasteiger charge is 2.18. The maximum absolute atomic E-state index is 11.3. The molecule has 82 valence electrons. The Morgan fingerprint density at radius 3 is 2.27 bits per heavy atom. The summed E-state index contributed by atoms with van der Waals surface area (Å²) in [5, 5.41) is 19.0. The van der Waals surface area contributed by atoms with Crippen molar-refractivity contribution in [3.05, 3.63) is 17.7 Å². The number of Topliss-reactive ketones (excluding diaryl/α,β-unsaturated/α-hetero) is 1. The fourth-order valence-electron chi connectivity index (χ4n) is 1.26. The van der Waals surface area contributed by atoms with Gasteiger partial charge in [0.2, 0.25) is 0 Å². The molecule has 4 nitrogen and oxygen atoms in total. The van der Waals surface area contributed by atoms with Crippen molar-refractivity contribution in [3.8, 4) is 17.2 Å². The predicted octanol–water partition coefficient (Wildman–Crippen LogP) is 2.09. The minimum absolute atomic E-state index is 0.0173. The minimum Gasteiger partial charge on any atom is -0.507 e. The third kappa shape index (κ3) is 2.40. The standard InChI is InChI=1S/C11H14O4/c1-6(2)15-11-9(14)5-4-8(13)10(11)7(3)12/h4-6,13-14H,1-3H3. The van der Waals surface area contributed by atoms with Crippen molar-refractivity contribution in [3.63, 3.8) is 0 Å². The van der Waals surface area contributed by atoms with E-state index in [-0.39, 0.29) is 34.7 Å². The molecule has 1 aromatic rings. The van der Waals surface area contributed by atoms with Crippen LogP contribution in [0.25, 0.3) is 0 Å². The Hall–Kier alpha value is -1.71. The highest BCUT2D eigenvalue weighted by atomic mass is 16.5. The molecule has 0 atom stereocenters. The van der Waals surface area contributed by atoms with E-state index < -0.39 is 0 Å². The summed E-state index contributed by atoms with van der Waals surface area (Å²) in [7, 11) is 0. The highest BCUT2D eigenvalue weighted by Crippen LogP contribution is 2.37. The van der Waals surface area contributed by atoms with Crippen LogP contribution in [0.4, 0.5) is 0 Å². The quantitative estimate of drug-likeness (QED) is 0.592. The fraction of sp³-hybridized carbons (Fsp3) is 0.364. The number of hydrogen-bond donors (Lipinski definition) is 2. The average Bonchev–Trinajstić information content (AvgIpc) is 2.10. The van der Waals surface area contributed by atoms with Crippen molar-refractivity contribution in [2.75, 3.05) is 0 Å². The average molecular weight is 210 g/mol. The van der Waals surface area contributed by atoms with E-state index in [1.807, 2.05) is 0 Å². The maximum atomic E-state index is 11.3. The zero-order valence-electron chi connectivity index (χ0n) is 8.94. The zero-order valence-corrected chi connectivity index (χ0v) is 8.94. The molecule has 0 amide bonds. The second kappa shape index (κ2) is 4.21. The third-order valence-electron chi connectivity index (χ3n) is 1.82. The Labute approximate surface area is 88.1 Å². The number of ether oxygens (including phenoxy) is 1. The molecule has 0 aliphatic rings. The van der Waals surface area contributed by atoms with Crippen molar-refractivity contribution in [2.45, 2.75) is 26.9 Å². The van der Waals surface area contributed by atoms with Gasteiger partial charge < -0.3 is 14.9 Å². The molecule has 0 unspecified atom stereocenters. The van der Waals surface area contributed by atoms with E-state index in [2.05, 4.69) is 0 Å². The van der Waals surface area contributed by atoms with Gasteiger partial charge in [-0.3, -0.25) is 4.79 Å². The molecular weight excluding hydrogens is 196 g/mol. The lowest BCUT2D eigenvalue weighted by Crippen LogP contribution is -2.09. The normalized spacial score (nSPS) is 10.4. The van der Waals surface area contributed by atoms with Crippen molar-refractivity contribution < 1.29 is 19.7 Å². The van der Waals surface area contributed by atoms with Gasteiger partial charge in [0, 0.05) is 0 Å². The monoisotopic (exact) mass is 210 g/mol. The SMILES string of the molecule is CC(=O)c1c(O)ccc(O)c1OC(C)C. The van der Waals surface area contributed by atoms with Gasteiger partial charge in [0.05, 0.1) is 6.10 Å². The molecule has 1 aromatic carbocycles. The summed E-state index contributed by atoms with van der Waals surface area (Å²) in [5.41, 5.74) is 0.0173. The molecule has 0 heterocycles. The first-order valence-corrected chi connectivity index (χ1v) is 4.66. The van der Waals surface area contributed by atoms with Gasteiger partial charge in [-0.15, -0.1) is 0 Å². The lowest BCUT2D eigenvalue weighted by Gasteiger charge is -2.15. The Bertz CT molecular complexity index is 382. The van der Waals surface area contributed by atoms with Crippen molar-refractivity contribution in [1.29, 1.82) is 0 Å². The Balaban J connectivity index is 3.31. The molecule has 0 spiro atoms. The lowest BCUT2D eigenvalue weighted by molar-refractivity contribution is 0.100. The summed E-state index contributed by atoms with van der Waals surface area (Å²) in [5.74, 6) is -0.640. The van der Waals surface area contributed by atoms with Crippen LogP contribution < -0.4 is 4.74 Å². The Kier molecular flexibility index (Phi) is 3.19. The minimum atomic E-state index is -0.348. The summed E-state index contributed by atoms with van der Waals surface area (Å²) >= 11 is 0. The van der Waals surface area contributed by atoms with E-state index in [9.17, 15) is 15.0 Å². The summed E-state index contributed by atoms with van der Waals surface area (Å²) in [6.45, 7) is 4.85. The number of ketones is 1. The van der Waals surface area contributed by atoms with Gasteiger partial charge in [-0.05, 0) is 32.9 Å². The predicted molar refractivity (Wildman–Crippen MR) is 55.5 cm³/mol. The molecule has 0 aliphatic heterocycles. The van der Waals surface area contributed by atoms with Gasteiger partial charge in [-0.2, -0.15) is 0 Å². The largest absolute Gasteiger partial charge is 0.507 e. The summed E-state index contributed by atoms with van der Waals surface area (Å²) in [4.78, 5) is 11.3. The molecule has 0 bridgehead atoms. The molecule has 0 saturated heterocycles. The summed E-state index contributed by atoms with van der Waals surface area (Å²) < 4.78 is 5.29. The molecule has 1 rings (SSSR count). The van der Waals surface area contributed by atoms with Crippen LogP contribution >= 0.6 is 0 Å². The summed E-state index contributed by atoms with van der Waals surface area (Å²) in [6.07, 6.45) is -0.184. The molecule has 0 aromatic heterocycles. The highest BCUT2D eigenvalue weighted by molar-refractivity contribution is 6.00. The van der Waals surface area contributed by atoms with E-state index in [1.165, 1.54) is 19.1 Å². The molecule has 4 heteroatoms. The van der Waals surface area contributed by atoms with Gasteiger partial charge in [-0.1, -0.05) is 0 Å². The molecule has 0 radical (unpaired) electrons. The molecular formula is C11H14O4. The van der Waals surface area contributed by atoms with Gasteiger partial charge in [0.15, 0.2) is 17.3 Å². The van der Waals surface area contributed by atoms with Crippen LogP contribution in [0.5, 0.6) is 17.2 Å². The summed E-state index contributed by atoms with van der Waals surface area (Å²) in [6, 6.07) is 2.55. The number of carbonyl (C=O) groups excluding carboxylic acids is 1. The second-order valence-electron chi connectivity index (χ2n) is 3.53. The van der Waals surface area contributed by atoms with Gasteiger partial charge >= 0.3 is 0 Å². The Morgan fingerprint density at radius 2 is 1.80 bits per heavy atom. The van der Waals surface area contributed by atoms with E-state index in [1.54, 1.807) is 13.8 Å². The number of rotatable bonds is 3. The van der Waals surface area contributed by atoms with Crippen LogP contribution in [-0.4, -0.2) is 22.1 Å². The van der Waals surface area contributed by atoms with Gasteiger partial charge in [0.25, 0.3) is 0 Å². The van der Waals surface area contributed by atoms with Crippen molar-refractivity contribution >= 4 is 5.78 Å².